The Morgan fingerprint density at radius 2 is 2.22 bits per heavy atom. The van der Waals surface area contributed by atoms with Crippen LogP contribution in [0.5, 0.6) is 0 Å². The van der Waals surface area contributed by atoms with Crippen LogP contribution in [0, 0.1) is 0 Å². The van der Waals surface area contributed by atoms with Crippen molar-refractivity contribution >= 4 is 11.9 Å². The van der Waals surface area contributed by atoms with Crippen molar-refractivity contribution in [2.24, 2.45) is 0 Å². The van der Waals surface area contributed by atoms with Crippen LogP contribution in [-0.4, -0.2) is 23.1 Å². The number of aliphatic hydroxyl groups is 1. The van der Waals surface area contributed by atoms with E-state index in [2.05, 4.69) is 4.74 Å². The third-order valence-corrected chi connectivity index (χ3v) is 1.11. The number of carbonyl (C=O) groups excluding carboxylic acids is 2. The van der Waals surface area contributed by atoms with Crippen molar-refractivity contribution in [1.82, 2.24) is 0 Å². The predicted molar refractivity (Wildman–Crippen MR) is 26.3 cm³/mol. The number of aliphatic hydroxyl groups excluding tert-OH is 1. The lowest BCUT2D eigenvalue weighted by Crippen LogP contribution is -2.31. The summed E-state index contributed by atoms with van der Waals surface area (Å²) in [6, 6.07) is 0. The molecular weight excluding hydrogens is 124 g/mol. The summed E-state index contributed by atoms with van der Waals surface area (Å²) < 4.78 is 4.07. The van der Waals surface area contributed by atoms with Gasteiger partial charge in [0.05, 0.1) is 0 Å². The van der Waals surface area contributed by atoms with E-state index in [0.717, 1.165) is 0 Å². The second-order valence-corrected chi connectivity index (χ2v) is 1.85. The van der Waals surface area contributed by atoms with Gasteiger partial charge in [-0.1, -0.05) is 0 Å². The zero-order chi connectivity index (χ0) is 6.85. The number of ether oxygens (including phenoxy) is 1. The first-order valence-corrected chi connectivity index (χ1v) is 2.63. The minimum atomic E-state index is -1.09. The number of carbonyl (C=O) groups is 2. The Kier molecular flexibility index (Phi) is 1.48. The highest BCUT2D eigenvalue weighted by Gasteiger charge is 2.26. The highest BCUT2D eigenvalue weighted by atomic mass is 16.6. The first kappa shape index (κ1) is 6.22. The molecule has 0 spiro atoms. The van der Waals surface area contributed by atoms with Gasteiger partial charge in [0.15, 0.2) is 6.10 Å². The molecule has 1 aliphatic heterocycles. The fourth-order valence-electron chi connectivity index (χ4n) is 0.604. The average Bonchev–Trinajstić information content (AvgIpc) is 1.80. The lowest BCUT2D eigenvalue weighted by atomic mass is 10.1. The monoisotopic (exact) mass is 130 g/mol. The molecule has 50 valence electrons. The molecule has 1 heterocycles. The van der Waals surface area contributed by atoms with Gasteiger partial charge in [-0.15, -0.1) is 0 Å². The fourth-order valence-corrected chi connectivity index (χ4v) is 0.604. The first-order chi connectivity index (χ1) is 4.20. The van der Waals surface area contributed by atoms with E-state index < -0.39 is 18.0 Å². The molecule has 4 heteroatoms. The zero-order valence-electron chi connectivity index (χ0n) is 4.66. The molecule has 0 saturated carbocycles. The molecule has 0 amide bonds. The van der Waals surface area contributed by atoms with Gasteiger partial charge >= 0.3 is 11.9 Å². The maximum atomic E-state index is 10.3. The minimum Gasteiger partial charge on any atom is -0.391 e. The molecule has 1 rings (SSSR count). The van der Waals surface area contributed by atoms with Crippen molar-refractivity contribution in [3.63, 3.8) is 0 Å². The summed E-state index contributed by atoms with van der Waals surface area (Å²) in [7, 11) is 0. The van der Waals surface area contributed by atoms with Gasteiger partial charge in [0.2, 0.25) is 0 Å². The number of hydrogen-bond acceptors (Lipinski definition) is 4. The maximum Gasteiger partial charge on any atom is 0.342 e. The van der Waals surface area contributed by atoms with E-state index in [1.807, 2.05) is 0 Å². The third-order valence-electron chi connectivity index (χ3n) is 1.11. The van der Waals surface area contributed by atoms with Crippen LogP contribution in [0.25, 0.3) is 0 Å². The number of cyclic esters (lactones) is 2. The molecule has 4 nitrogen and oxygen atoms in total. The Balaban J connectivity index is 2.54. The van der Waals surface area contributed by atoms with Crippen LogP contribution >= 0.6 is 0 Å². The van der Waals surface area contributed by atoms with Crippen molar-refractivity contribution < 1.29 is 19.4 Å². The first-order valence-electron chi connectivity index (χ1n) is 2.63. The molecular formula is C5H6O4. The molecule has 0 aliphatic carbocycles. The van der Waals surface area contributed by atoms with E-state index in [1.54, 1.807) is 0 Å². The largest absolute Gasteiger partial charge is 0.391 e. The third kappa shape index (κ3) is 1.26. The quantitative estimate of drug-likeness (QED) is 0.345. The topological polar surface area (TPSA) is 63.6 Å². The van der Waals surface area contributed by atoms with Crippen LogP contribution in [0.15, 0.2) is 0 Å². The lowest BCUT2D eigenvalue weighted by molar-refractivity contribution is -0.171. The maximum absolute atomic E-state index is 10.3. The van der Waals surface area contributed by atoms with Crippen molar-refractivity contribution in [3.8, 4) is 0 Å². The molecule has 0 aromatic heterocycles. The Morgan fingerprint density at radius 3 is 2.67 bits per heavy atom. The van der Waals surface area contributed by atoms with Crippen molar-refractivity contribution in [2.75, 3.05) is 0 Å². The van der Waals surface area contributed by atoms with Gasteiger partial charge in [-0.05, 0) is 6.42 Å². The van der Waals surface area contributed by atoms with Crippen LogP contribution in [0.2, 0.25) is 0 Å². The molecule has 1 N–H and O–H groups in total. The zero-order valence-corrected chi connectivity index (χ0v) is 4.66. The van der Waals surface area contributed by atoms with E-state index in [4.69, 9.17) is 5.11 Å². The van der Waals surface area contributed by atoms with E-state index in [0.29, 0.717) is 0 Å². The second-order valence-electron chi connectivity index (χ2n) is 1.85. The van der Waals surface area contributed by atoms with Gasteiger partial charge in [0.25, 0.3) is 0 Å². The van der Waals surface area contributed by atoms with Gasteiger partial charge in [-0.25, -0.2) is 4.79 Å². The van der Waals surface area contributed by atoms with E-state index in [9.17, 15) is 9.59 Å². The fraction of sp³-hybridized carbons (Fsp3) is 0.600. The molecule has 1 atom stereocenters. The summed E-state index contributed by atoms with van der Waals surface area (Å²) in [5.41, 5.74) is 0. The standard InChI is InChI=1S/C5H6O4/c6-3-1-2-4(7)9-5(3)8/h3,6H,1-2H2. The van der Waals surface area contributed by atoms with Crippen LogP contribution in [-0.2, 0) is 14.3 Å². The normalized spacial score (nSPS) is 27.9. The number of rotatable bonds is 0. The summed E-state index contributed by atoms with van der Waals surface area (Å²) in [5, 5.41) is 8.67. The summed E-state index contributed by atoms with van der Waals surface area (Å²) >= 11 is 0. The summed E-state index contributed by atoms with van der Waals surface area (Å²) in [6.45, 7) is 0. The SMILES string of the molecule is O=C1CCC(O)C(=O)O1. The predicted octanol–water partition coefficient (Wildman–Crippen LogP) is -0.789. The van der Waals surface area contributed by atoms with Gasteiger partial charge in [-0.2, -0.15) is 0 Å². The number of esters is 2. The van der Waals surface area contributed by atoms with Gasteiger partial charge in [0.1, 0.15) is 0 Å². The van der Waals surface area contributed by atoms with Crippen LogP contribution < -0.4 is 0 Å². The van der Waals surface area contributed by atoms with Crippen molar-refractivity contribution in [1.29, 1.82) is 0 Å². The molecule has 9 heavy (non-hydrogen) atoms. The molecule has 1 aliphatic rings. The van der Waals surface area contributed by atoms with Gasteiger partial charge < -0.3 is 9.84 Å². The summed E-state index contributed by atoms with van der Waals surface area (Å²) in [6.07, 6.45) is -0.771. The highest BCUT2D eigenvalue weighted by Crippen LogP contribution is 2.07. The van der Waals surface area contributed by atoms with Gasteiger partial charge in [-0.3, -0.25) is 4.79 Å². The molecule has 0 radical (unpaired) electrons. The minimum absolute atomic E-state index is 0.132. The van der Waals surface area contributed by atoms with E-state index in [1.165, 1.54) is 0 Å². The van der Waals surface area contributed by atoms with Crippen LogP contribution in [0.1, 0.15) is 12.8 Å². The molecule has 1 saturated heterocycles. The Bertz CT molecular complexity index is 151. The number of hydrogen-bond donors (Lipinski definition) is 1. The van der Waals surface area contributed by atoms with Crippen LogP contribution in [0.3, 0.4) is 0 Å². The summed E-state index contributed by atoms with van der Waals surface area (Å²) in [4.78, 5) is 20.6. The van der Waals surface area contributed by atoms with Crippen LogP contribution in [0.4, 0.5) is 0 Å². The molecule has 1 unspecified atom stereocenters. The molecule has 1 fully saturated rings. The van der Waals surface area contributed by atoms with Gasteiger partial charge in [0, 0.05) is 6.42 Å². The Hall–Kier alpha value is -0.900. The van der Waals surface area contributed by atoms with Crippen molar-refractivity contribution in [2.45, 2.75) is 18.9 Å². The lowest BCUT2D eigenvalue weighted by Gasteiger charge is -2.13. The Morgan fingerprint density at radius 1 is 1.56 bits per heavy atom. The summed E-state index contributed by atoms with van der Waals surface area (Å²) in [5.74, 6) is -1.38. The second kappa shape index (κ2) is 2.14. The molecule has 0 aromatic rings. The molecule has 0 bridgehead atoms. The smallest absolute Gasteiger partial charge is 0.342 e. The highest BCUT2D eigenvalue weighted by molar-refractivity contribution is 5.90. The average molecular weight is 130 g/mol. The van der Waals surface area contributed by atoms with E-state index in [-0.39, 0.29) is 12.8 Å². The Labute approximate surface area is 51.4 Å². The van der Waals surface area contributed by atoms with E-state index >= 15 is 0 Å². The molecule has 0 aromatic carbocycles. The van der Waals surface area contributed by atoms with Crippen molar-refractivity contribution in [3.05, 3.63) is 0 Å².